The zero-order chi connectivity index (χ0) is 17.5. The van der Waals surface area contributed by atoms with Crippen molar-refractivity contribution in [3.63, 3.8) is 0 Å². The van der Waals surface area contributed by atoms with Gasteiger partial charge < -0.3 is 14.8 Å². The summed E-state index contributed by atoms with van der Waals surface area (Å²) in [5.74, 6) is 1.43. The smallest absolute Gasteiger partial charge is 0.258 e. The Morgan fingerprint density at radius 3 is 2.38 bits per heavy atom. The second-order valence-corrected chi connectivity index (χ2v) is 6.03. The topological polar surface area (TPSA) is 47.6 Å². The van der Waals surface area contributed by atoms with Crippen LogP contribution in [0.15, 0.2) is 42.5 Å². The zero-order valence-corrected chi connectivity index (χ0v) is 14.8. The van der Waals surface area contributed by atoms with Crippen LogP contribution in [0.4, 0.5) is 0 Å². The summed E-state index contributed by atoms with van der Waals surface area (Å²) in [6.45, 7) is 8.33. The summed E-state index contributed by atoms with van der Waals surface area (Å²) in [7, 11) is 0. The summed E-state index contributed by atoms with van der Waals surface area (Å²) in [6, 6.07) is 13.5. The Kier molecular flexibility index (Phi) is 6.24. The highest BCUT2D eigenvalue weighted by Gasteiger charge is 2.10. The van der Waals surface area contributed by atoms with Gasteiger partial charge in [0.15, 0.2) is 6.61 Å². The minimum absolute atomic E-state index is 0.000994. The molecule has 1 amide bonds. The van der Waals surface area contributed by atoms with E-state index < -0.39 is 0 Å². The molecule has 2 aromatic carbocycles. The number of carbonyl (C=O) groups is 1. The van der Waals surface area contributed by atoms with Crippen molar-refractivity contribution in [1.29, 1.82) is 0 Å². The summed E-state index contributed by atoms with van der Waals surface area (Å²) in [5, 5.41) is 2.88. The average Bonchev–Trinajstić information content (AvgIpc) is 2.55. The van der Waals surface area contributed by atoms with Crippen LogP contribution in [0.2, 0.25) is 0 Å². The lowest BCUT2D eigenvalue weighted by Crippen LogP contribution is -2.39. The number of ether oxygens (including phenoxy) is 2. The summed E-state index contributed by atoms with van der Waals surface area (Å²) in [6.07, 6.45) is 0. The summed E-state index contributed by atoms with van der Waals surface area (Å²) in [4.78, 5) is 12.0. The molecule has 2 aromatic rings. The lowest BCUT2D eigenvalue weighted by atomic mass is 10.1. The van der Waals surface area contributed by atoms with Crippen LogP contribution in [0.1, 0.15) is 23.6 Å². The second-order valence-electron chi connectivity index (χ2n) is 6.03. The molecular formula is C20H25NO3. The maximum Gasteiger partial charge on any atom is 0.258 e. The van der Waals surface area contributed by atoms with Crippen molar-refractivity contribution in [2.45, 2.75) is 33.7 Å². The molecule has 0 bridgehead atoms. The van der Waals surface area contributed by atoms with E-state index >= 15 is 0 Å². The monoisotopic (exact) mass is 327 g/mol. The van der Waals surface area contributed by atoms with Gasteiger partial charge in [0.2, 0.25) is 0 Å². The van der Waals surface area contributed by atoms with Gasteiger partial charge in [-0.2, -0.15) is 0 Å². The van der Waals surface area contributed by atoms with E-state index in [1.807, 2.05) is 70.2 Å². The van der Waals surface area contributed by atoms with Gasteiger partial charge >= 0.3 is 0 Å². The van der Waals surface area contributed by atoms with Crippen molar-refractivity contribution in [2.24, 2.45) is 0 Å². The fourth-order valence-corrected chi connectivity index (χ4v) is 2.32. The molecule has 0 saturated carbocycles. The van der Waals surface area contributed by atoms with Crippen LogP contribution in [-0.4, -0.2) is 25.2 Å². The largest absolute Gasteiger partial charge is 0.491 e. The summed E-state index contributed by atoms with van der Waals surface area (Å²) >= 11 is 0. The number of hydrogen-bond donors (Lipinski definition) is 1. The standard InChI is InChI=1S/C20H25NO3/c1-14-9-7-11-19(17(14)4)24-13-20(22)21-16(3)12-23-18-10-6-5-8-15(18)2/h5-11,16H,12-13H2,1-4H3,(H,21,22)/t16-/m1/s1. The lowest BCUT2D eigenvalue weighted by Gasteiger charge is -2.17. The number of rotatable bonds is 7. The quantitative estimate of drug-likeness (QED) is 0.845. The van der Waals surface area contributed by atoms with Crippen LogP contribution in [0, 0.1) is 20.8 Å². The van der Waals surface area contributed by atoms with E-state index in [2.05, 4.69) is 5.32 Å². The molecular weight excluding hydrogens is 302 g/mol. The van der Waals surface area contributed by atoms with E-state index in [0.29, 0.717) is 6.61 Å². The first-order chi connectivity index (χ1) is 11.5. The second kappa shape index (κ2) is 8.39. The minimum Gasteiger partial charge on any atom is -0.491 e. The minimum atomic E-state index is -0.156. The summed E-state index contributed by atoms with van der Waals surface area (Å²) in [5.41, 5.74) is 3.28. The normalized spacial score (nSPS) is 11.7. The Hall–Kier alpha value is -2.49. The third kappa shape index (κ3) is 5.01. The molecule has 0 radical (unpaired) electrons. The first-order valence-corrected chi connectivity index (χ1v) is 8.14. The molecule has 0 aromatic heterocycles. The first-order valence-electron chi connectivity index (χ1n) is 8.14. The number of amides is 1. The van der Waals surface area contributed by atoms with Crippen LogP contribution in [-0.2, 0) is 4.79 Å². The Balaban J connectivity index is 1.77. The van der Waals surface area contributed by atoms with Crippen LogP contribution in [0.3, 0.4) is 0 Å². The van der Waals surface area contributed by atoms with Crippen molar-refractivity contribution in [3.05, 3.63) is 59.2 Å². The maximum absolute atomic E-state index is 12.0. The van der Waals surface area contributed by atoms with Gasteiger partial charge in [-0.3, -0.25) is 4.79 Å². The van der Waals surface area contributed by atoms with Gasteiger partial charge in [0.05, 0.1) is 6.04 Å². The lowest BCUT2D eigenvalue weighted by molar-refractivity contribution is -0.123. The molecule has 1 N–H and O–H groups in total. The molecule has 0 fully saturated rings. The Labute approximate surface area is 143 Å². The van der Waals surface area contributed by atoms with Gasteiger partial charge in [-0.1, -0.05) is 30.3 Å². The molecule has 0 aliphatic heterocycles. The average molecular weight is 327 g/mol. The molecule has 0 spiro atoms. The van der Waals surface area contributed by atoms with Gasteiger partial charge in [0.25, 0.3) is 5.91 Å². The number of nitrogens with one attached hydrogen (secondary N) is 1. The van der Waals surface area contributed by atoms with E-state index in [-0.39, 0.29) is 18.6 Å². The van der Waals surface area contributed by atoms with E-state index in [1.165, 1.54) is 0 Å². The summed E-state index contributed by atoms with van der Waals surface area (Å²) < 4.78 is 11.4. The van der Waals surface area contributed by atoms with Gasteiger partial charge in [0.1, 0.15) is 18.1 Å². The highest BCUT2D eigenvalue weighted by atomic mass is 16.5. The molecule has 4 nitrogen and oxygen atoms in total. The number of para-hydroxylation sites is 1. The molecule has 0 saturated heterocycles. The maximum atomic E-state index is 12.0. The van der Waals surface area contributed by atoms with Crippen LogP contribution < -0.4 is 14.8 Å². The van der Waals surface area contributed by atoms with Crippen LogP contribution >= 0.6 is 0 Å². The highest BCUT2D eigenvalue weighted by Crippen LogP contribution is 2.20. The molecule has 128 valence electrons. The van der Waals surface area contributed by atoms with Gasteiger partial charge in [-0.15, -0.1) is 0 Å². The van der Waals surface area contributed by atoms with Crippen molar-refractivity contribution in [3.8, 4) is 11.5 Å². The predicted octanol–water partition coefficient (Wildman–Crippen LogP) is 3.57. The number of benzene rings is 2. The molecule has 2 rings (SSSR count). The van der Waals surface area contributed by atoms with Crippen LogP contribution in [0.5, 0.6) is 11.5 Å². The van der Waals surface area contributed by atoms with Crippen molar-refractivity contribution < 1.29 is 14.3 Å². The van der Waals surface area contributed by atoms with Crippen molar-refractivity contribution in [2.75, 3.05) is 13.2 Å². The van der Waals surface area contributed by atoms with Gasteiger partial charge in [-0.05, 0) is 56.5 Å². The third-order valence-electron chi connectivity index (χ3n) is 3.90. The van der Waals surface area contributed by atoms with Gasteiger partial charge in [0, 0.05) is 0 Å². The molecule has 0 aliphatic rings. The zero-order valence-electron chi connectivity index (χ0n) is 14.8. The Morgan fingerprint density at radius 1 is 0.958 bits per heavy atom. The number of hydrogen-bond acceptors (Lipinski definition) is 3. The van der Waals surface area contributed by atoms with E-state index in [9.17, 15) is 4.79 Å². The van der Waals surface area contributed by atoms with Crippen LogP contribution in [0.25, 0.3) is 0 Å². The fraction of sp³-hybridized carbons (Fsp3) is 0.350. The highest BCUT2D eigenvalue weighted by molar-refractivity contribution is 5.77. The molecule has 0 aliphatic carbocycles. The number of carbonyl (C=O) groups excluding carboxylic acids is 1. The van der Waals surface area contributed by atoms with Gasteiger partial charge in [-0.25, -0.2) is 0 Å². The molecule has 0 heterocycles. The predicted molar refractivity (Wildman–Crippen MR) is 95.7 cm³/mol. The third-order valence-corrected chi connectivity index (χ3v) is 3.90. The van der Waals surface area contributed by atoms with E-state index in [0.717, 1.165) is 28.2 Å². The first kappa shape index (κ1) is 17.9. The Bertz CT molecular complexity index is 697. The molecule has 1 atom stereocenters. The Morgan fingerprint density at radius 2 is 1.62 bits per heavy atom. The molecule has 4 heteroatoms. The van der Waals surface area contributed by atoms with E-state index in [4.69, 9.17) is 9.47 Å². The fourth-order valence-electron chi connectivity index (χ4n) is 2.32. The SMILES string of the molecule is Cc1ccccc1OC[C@@H](C)NC(=O)COc1cccc(C)c1C. The molecule has 0 unspecified atom stereocenters. The van der Waals surface area contributed by atoms with E-state index in [1.54, 1.807) is 0 Å². The number of aryl methyl sites for hydroxylation is 2. The molecule has 24 heavy (non-hydrogen) atoms. The van der Waals surface area contributed by atoms with Crippen molar-refractivity contribution >= 4 is 5.91 Å². The van der Waals surface area contributed by atoms with Crippen molar-refractivity contribution in [1.82, 2.24) is 5.32 Å².